The van der Waals surface area contributed by atoms with Gasteiger partial charge in [-0.3, -0.25) is 4.79 Å². The number of benzene rings is 1. The molecule has 0 fully saturated rings. The van der Waals surface area contributed by atoms with Gasteiger partial charge in [0, 0.05) is 0 Å². The monoisotopic (exact) mass is 188 g/mol. The highest BCUT2D eigenvalue weighted by Crippen LogP contribution is 2.39. The second kappa shape index (κ2) is 2.59. The lowest BCUT2D eigenvalue weighted by molar-refractivity contribution is -0.139. The molecule has 2 nitrogen and oxygen atoms in total. The second-order valence-electron chi connectivity index (χ2n) is 4.27. The molecule has 0 amide bonds. The van der Waals surface area contributed by atoms with Crippen molar-refractivity contribution in [2.45, 2.75) is 31.6 Å². The van der Waals surface area contributed by atoms with Crippen molar-refractivity contribution in [2.75, 3.05) is 0 Å². The van der Waals surface area contributed by atoms with Gasteiger partial charge in [-0.05, 0) is 47.9 Å². The Labute approximate surface area is 82.6 Å². The zero-order chi connectivity index (χ0) is 9.71. The molecule has 0 heterocycles. The van der Waals surface area contributed by atoms with Gasteiger partial charge < -0.3 is 5.11 Å². The van der Waals surface area contributed by atoms with Crippen LogP contribution >= 0.6 is 0 Å². The van der Waals surface area contributed by atoms with Gasteiger partial charge in [-0.25, -0.2) is 0 Å². The number of fused-ring (bicyclic) bond motifs is 2. The quantitative estimate of drug-likeness (QED) is 0.730. The fourth-order valence-corrected chi connectivity index (χ4v) is 2.61. The first-order chi connectivity index (χ1) is 6.75. The molecule has 1 atom stereocenters. The van der Waals surface area contributed by atoms with Gasteiger partial charge in [-0.1, -0.05) is 12.1 Å². The summed E-state index contributed by atoms with van der Waals surface area (Å²) in [7, 11) is 0. The van der Waals surface area contributed by atoms with Crippen LogP contribution in [0.5, 0.6) is 0 Å². The van der Waals surface area contributed by atoms with Crippen LogP contribution in [-0.2, 0) is 24.1 Å². The molecule has 0 saturated heterocycles. The van der Waals surface area contributed by atoms with Gasteiger partial charge in [0.1, 0.15) is 0 Å². The summed E-state index contributed by atoms with van der Waals surface area (Å²) in [6.07, 6.45) is 4.28. The number of carboxylic acids is 1. The molecule has 1 aromatic rings. The lowest BCUT2D eigenvalue weighted by Gasteiger charge is -2.27. The van der Waals surface area contributed by atoms with Crippen LogP contribution in [-0.4, -0.2) is 11.1 Å². The topological polar surface area (TPSA) is 37.3 Å². The Kier molecular flexibility index (Phi) is 1.49. The Balaban J connectivity index is 2.06. The standard InChI is InChI=1S/C12H12O2/c13-12(14)11-6-9-4-7-2-1-3-8(7)5-10(9)11/h4-5,11H,1-3,6H2,(H,13,14). The number of aliphatic carboxylic acids is 1. The van der Waals surface area contributed by atoms with Crippen LogP contribution in [0.3, 0.4) is 0 Å². The van der Waals surface area contributed by atoms with Crippen molar-refractivity contribution in [1.29, 1.82) is 0 Å². The predicted octanol–water partition coefficient (Wildman–Crippen LogP) is 1.90. The van der Waals surface area contributed by atoms with Crippen LogP contribution in [0.2, 0.25) is 0 Å². The summed E-state index contributed by atoms with van der Waals surface area (Å²) in [6.45, 7) is 0. The minimum atomic E-state index is -0.671. The van der Waals surface area contributed by atoms with Crippen molar-refractivity contribution >= 4 is 5.97 Å². The SMILES string of the molecule is O=C(O)C1Cc2cc3c(cc21)CCC3. The maximum atomic E-state index is 10.8. The lowest BCUT2D eigenvalue weighted by atomic mass is 9.76. The molecule has 0 radical (unpaired) electrons. The summed E-state index contributed by atoms with van der Waals surface area (Å²) in [6, 6.07) is 4.34. The van der Waals surface area contributed by atoms with E-state index in [0.717, 1.165) is 18.4 Å². The Hall–Kier alpha value is -1.31. The summed E-state index contributed by atoms with van der Waals surface area (Å²) >= 11 is 0. The third kappa shape index (κ3) is 0.939. The number of carboxylic acid groups (broad SMARTS) is 1. The largest absolute Gasteiger partial charge is 0.481 e. The molecule has 0 spiro atoms. The Bertz CT molecular complexity index is 421. The van der Waals surface area contributed by atoms with Crippen molar-refractivity contribution < 1.29 is 9.90 Å². The van der Waals surface area contributed by atoms with E-state index >= 15 is 0 Å². The minimum Gasteiger partial charge on any atom is -0.481 e. The Morgan fingerprint density at radius 1 is 1.21 bits per heavy atom. The highest BCUT2D eigenvalue weighted by Gasteiger charge is 2.33. The van der Waals surface area contributed by atoms with E-state index in [4.69, 9.17) is 5.11 Å². The molecule has 1 N–H and O–H groups in total. The van der Waals surface area contributed by atoms with Crippen LogP contribution < -0.4 is 0 Å². The molecular weight excluding hydrogens is 176 g/mol. The first-order valence-corrected chi connectivity index (χ1v) is 5.13. The Morgan fingerprint density at radius 2 is 1.93 bits per heavy atom. The predicted molar refractivity (Wildman–Crippen MR) is 52.5 cm³/mol. The molecule has 0 aromatic heterocycles. The molecule has 14 heavy (non-hydrogen) atoms. The molecule has 2 aliphatic carbocycles. The van der Waals surface area contributed by atoms with Gasteiger partial charge in [-0.15, -0.1) is 0 Å². The van der Waals surface area contributed by atoms with Gasteiger partial charge in [0.15, 0.2) is 0 Å². The molecule has 0 saturated carbocycles. The van der Waals surface area contributed by atoms with E-state index in [0.29, 0.717) is 0 Å². The van der Waals surface area contributed by atoms with Crippen molar-refractivity contribution in [3.8, 4) is 0 Å². The lowest BCUT2D eigenvalue weighted by Crippen LogP contribution is -2.25. The molecule has 72 valence electrons. The van der Waals surface area contributed by atoms with E-state index in [-0.39, 0.29) is 5.92 Å². The van der Waals surface area contributed by atoms with Crippen LogP contribution in [0, 0.1) is 0 Å². The van der Waals surface area contributed by atoms with E-state index in [9.17, 15) is 4.79 Å². The number of hydrogen-bond acceptors (Lipinski definition) is 1. The summed E-state index contributed by atoms with van der Waals surface area (Å²) in [5, 5.41) is 8.93. The van der Waals surface area contributed by atoms with Gasteiger partial charge in [0.25, 0.3) is 0 Å². The molecule has 1 aromatic carbocycles. The Morgan fingerprint density at radius 3 is 2.64 bits per heavy atom. The first kappa shape index (κ1) is 8.04. The molecule has 1 unspecified atom stereocenters. The van der Waals surface area contributed by atoms with E-state index in [1.807, 2.05) is 0 Å². The van der Waals surface area contributed by atoms with E-state index in [1.165, 1.54) is 29.5 Å². The van der Waals surface area contributed by atoms with Crippen LogP contribution in [0.4, 0.5) is 0 Å². The third-order valence-corrected chi connectivity index (χ3v) is 3.45. The summed E-state index contributed by atoms with van der Waals surface area (Å²) in [5.74, 6) is -0.897. The zero-order valence-corrected chi connectivity index (χ0v) is 7.92. The van der Waals surface area contributed by atoms with Crippen LogP contribution in [0.1, 0.15) is 34.6 Å². The van der Waals surface area contributed by atoms with Gasteiger partial charge in [0.2, 0.25) is 0 Å². The normalized spacial score (nSPS) is 22.4. The molecule has 3 rings (SSSR count). The fraction of sp³-hybridized carbons (Fsp3) is 0.417. The second-order valence-corrected chi connectivity index (χ2v) is 4.27. The van der Waals surface area contributed by atoms with Crippen molar-refractivity contribution in [3.63, 3.8) is 0 Å². The number of hydrogen-bond donors (Lipinski definition) is 1. The summed E-state index contributed by atoms with van der Waals surface area (Å²) in [5.41, 5.74) is 5.17. The van der Waals surface area contributed by atoms with Gasteiger partial charge in [-0.2, -0.15) is 0 Å². The number of rotatable bonds is 1. The molecule has 0 bridgehead atoms. The van der Waals surface area contributed by atoms with E-state index in [2.05, 4.69) is 12.1 Å². The van der Waals surface area contributed by atoms with Crippen molar-refractivity contribution in [2.24, 2.45) is 0 Å². The number of carbonyl (C=O) groups is 1. The fourth-order valence-electron chi connectivity index (χ4n) is 2.61. The van der Waals surface area contributed by atoms with E-state index in [1.54, 1.807) is 0 Å². The molecule has 0 aliphatic heterocycles. The average Bonchev–Trinajstić information content (AvgIpc) is 2.54. The third-order valence-electron chi connectivity index (χ3n) is 3.45. The highest BCUT2D eigenvalue weighted by molar-refractivity contribution is 5.80. The summed E-state index contributed by atoms with van der Waals surface area (Å²) in [4.78, 5) is 10.8. The minimum absolute atomic E-state index is 0.226. The maximum absolute atomic E-state index is 10.8. The smallest absolute Gasteiger partial charge is 0.311 e. The molecule has 2 aliphatic rings. The summed E-state index contributed by atoms with van der Waals surface area (Å²) < 4.78 is 0. The first-order valence-electron chi connectivity index (χ1n) is 5.13. The van der Waals surface area contributed by atoms with Crippen molar-refractivity contribution in [3.05, 3.63) is 34.4 Å². The van der Waals surface area contributed by atoms with Crippen molar-refractivity contribution in [1.82, 2.24) is 0 Å². The zero-order valence-electron chi connectivity index (χ0n) is 7.92. The van der Waals surface area contributed by atoms with Crippen LogP contribution in [0.25, 0.3) is 0 Å². The van der Waals surface area contributed by atoms with E-state index < -0.39 is 5.97 Å². The maximum Gasteiger partial charge on any atom is 0.311 e. The highest BCUT2D eigenvalue weighted by atomic mass is 16.4. The number of aryl methyl sites for hydroxylation is 2. The van der Waals surface area contributed by atoms with Gasteiger partial charge >= 0.3 is 5.97 Å². The van der Waals surface area contributed by atoms with Crippen LogP contribution in [0.15, 0.2) is 12.1 Å². The molecular formula is C12H12O2. The molecule has 2 heteroatoms. The van der Waals surface area contributed by atoms with Gasteiger partial charge in [0.05, 0.1) is 5.92 Å². The average molecular weight is 188 g/mol.